The van der Waals surface area contributed by atoms with Crippen LogP contribution in [-0.2, 0) is 0 Å². The Morgan fingerprint density at radius 1 is 0.800 bits per heavy atom. The van der Waals surface area contributed by atoms with Crippen LogP contribution in [-0.4, -0.2) is 11.2 Å². The Morgan fingerprint density at radius 2 is 1.20 bits per heavy atom. The van der Waals surface area contributed by atoms with Crippen LogP contribution >= 0.6 is 0 Å². The van der Waals surface area contributed by atoms with Gasteiger partial charge in [0.2, 0.25) is 0 Å². The largest absolute Gasteiger partial charge is 0.393 e. The van der Waals surface area contributed by atoms with Crippen molar-refractivity contribution >= 4 is 0 Å². The van der Waals surface area contributed by atoms with E-state index in [4.69, 9.17) is 0 Å². The molecule has 0 bridgehead atoms. The summed E-state index contributed by atoms with van der Waals surface area (Å²) < 4.78 is 0. The summed E-state index contributed by atoms with van der Waals surface area (Å²) in [5.41, 5.74) is 2.44. The van der Waals surface area contributed by atoms with Gasteiger partial charge in [0.25, 0.3) is 0 Å². The maximum Gasteiger partial charge on any atom is 0.0597 e. The molecule has 0 spiro atoms. The minimum absolute atomic E-state index is 0.0954. The molecule has 1 unspecified atom stereocenters. The van der Waals surface area contributed by atoms with Gasteiger partial charge in [-0.1, -0.05) is 81.4 Å². The van der Waals surface area contributed by atoms with E-state index in [0.29, 0.717) is 0 Å². The fourth-order valence-corrected chi connectivity index (χ4v) is 2.41. The lowest BCUT2D eigenvalue weighted by molar-refractivity contribution is 0.0522. The summed E-state index contributed by atoms with van der Waals surface area (Å²) in [6.45, 7) is 6.26. The van der Waals surface area contributed by atoms with E-state index >= 15 is 0 Å². The van der Waals surface area contributed by atoms with Gasteiger partial charge in [0.15, 0.2) is 0 Å². The van der Waals surface area contributed by atoms with Crippen molar-refractivity contribution in [2.45, 2.75) is 39.2 Å². The van der Waals surface area contributed by atoms with E-state index in [2.05, 4.69) is 69.3 Å². The van der Waals surface area contributed by atoms with Crippen molar-refractivity contribution in [1.29, 1.82) is 0 Å². The van der Waals surface area contributed by atoms with Gasteiger partial charge in [0, 0.05) is 5.92 Å². The molecular weight excluding hydrogens is 244 g/mol. The first kappa shape index (κ1) is 14.8. The van der Waals surface area contributed by atoms with Gasteiger partial charge in [-0.25, -0.2) is 0 Å². The van der Waals surface area contributed by atoms with Crippen LogP contribution in [0.15, 0.2) is 60.7 Å². The molecule has 1 heteroatoms. The van der Waals surface area contributed by atoms with E-state index in [0.717, 1.165) is 6.42 Å². The average Bonchev–Trinajstić information content (AvgIpc) is 2.45. The molecule has 0 amide bonds. The van der Waals surface area contributed by atoms with E-state index in [-0.39, 0.29) is 17.4 Å². The monoisotopic (exact) mass is 268 g/mol. The van der Waals surface area contributed by atoms with Crippen LogP contribution in [0.4, 0.5) is 0 Å². The topological polar surface area (TPSA) is 20.2 Å². The summed E-state index contributed by atoms with van der Waals surface area (Å²) in [7, 11) is 0. The SMILES string of the molecule is CC(C)(C)C(O)CC(c1ccccc1)c1ccccc1. The van der Waals surface area contributed by atoms with E-state index in [1.54, 1.807) is 0 Å². The molecule has 0 radical (unpaired) electrons. The first-order chi connectivity index (χ1) is 9.48. The number of aliphatic hydroxyl groups excluding tert-OH is 1. The minimum Gasteiger partial charge on any atom is -0.393 e. The molecule has 20 heavy (non-hydrogen) atoms. The number of hydrogen-bond donors (Lipinski definition) is 1. The average molecular weight is 268 g/mol. The molecule has 1 nitrogen and oxygen atoms in total. The first-order valence-electron chi connectivity index (χ1n) is 7.26. The third kappa shape index (κ3) is 3.71. The number of rotatable bonds is 4. The molecule has 0 heterocycles. The molecule has 1 atom stereocenters. The Hall–Kier alpha value is -1.60. The van der Waals surface area contributed by atoms with Gasteiger partial charge >= 0.3 is 0 Å². The molecule has 0 aromatic heterocycles. The molecule has 0 fully saturated rings. The summed E-state index contributed by atoms with van der Waals surface area (Å²) in [5, 5.41) is 10.5. The quantitative estimate of drug-likeness (QED) is 0.858. The molecule has 2 aromatic carbocycles. The Labute approximate surface area is 122 Å². The predicted octanol–water partition coefficient (Wildman–Crippen LogP) is 4.62. The Kier molecular flexibility index (Phi) is 4.61. The zero-order valence-corrected chi connectivity index (χ0v) is 12.6. The fourth-order valence-electron chi connectivity index (χ4n) is 2.41. The highest BCUT2D eigenvalue weighted by Gasteiger charge is 2.26. The number of benzene rings is 2. The molecular formula is C19H24O. The van der Waals surface area contributed by atoms with Crippen LogP contribution in [0.25, 0.3) is 0 Å². The van der Waals surface area contributed by atoms with E-state index in [1.165, 1.54) is 11.1 Å². The van der Waals surface area contributed by atoms with Crippen molar-refractivity contribution in [3.63, 3.8) is 0 Å². The zero-order chi connectivity index (χ0) is 14.6. The van der Waals surface area contributed by atoms with Crippen molar-refractivity contribution < 1.29 is 5.11 Å². The zero-order valence-electron chi connectivity index (χ0n) is 12.6. The van der Waals surface area contributed by atoms with Gasteiger partial charge in [0.05, 0.1) is 6.10 Å². The standard InChI is InChI=1S/C19H24O/c1-19(2,3)18(20)14-17(15-10-6-4-7-11-15)16-12-8-5-9-13-16/h4-13,17-18,20H,14H2,1-3H3. The summed E-state index contributed by atoms with van der Waals surface area (Å²) in [6, 6.07) is 20.9. The van der Waals surface area contributed by atoms with Crippen molar-refractivity contribution in [2.75, 3.05) is 0 Å². The highest BCUT2D eigenvalue weighted by Crippen LogP contribution is 2.33. The highest BCUT2D eigenvalue weighted by molar-refractivity contribution is 5.32. The normalized spacial score (nSPS) is 13.4. The lowest BCUT2D eigenvalue weighted by Gasteiger charge is -2.30. The van der Waals surface area contributed by atoms with E-state index < -0.39 is 0 Å². The van der Waals surface area contributed by atoms with Gasteiger partial charge in [-0.05, 0) is 23.0 Å². The van der Waals surface area contributed by atoms with Crippen LogP contribution in [0, 0.1) is 5.41 Å². The Morgan fingerprint density at radius 3 is 1.55 bits per heavy atom. The molecule has 106 valence electrons. The first-order valence-corrected chi connectivity index (χ1v) is 7.26. The lowest BCUT2D eigenvalue weighted by Crippen LogP contribution is -2.28. The van der Waals surface area contributed by atoms with E-state index in [1.807, 2.05) is 12.1 Å². The molecule has 2 rings (SSSR count). The summed E-state index contributed by atoms with van der Waals surface area (Å²) in [4.78, 5) is 0. The van der Waals surface area contributed by atoms with Crippen molar-refractivity contribution in [3.05, 3.63) is 71.8 Å². The Bertz CT molecular complexity index is 471. The molecule has 0 aliphatic rings. The number of aliphatic hydroxyl groups is 1. The number of hydrogen-bond acceptors (Lipinski definition) is 1. The van der Waals surface area contributed by atoms with Crippen LogP contribution in [0.3, 0.4) is 0 Å². The van der Waals surface area contributed by atoms with Crippen LogP contribution in [0.2, 0.25) is 0 Å². The van der Waals surface area contributed by atoms with Crippen LogP contribution in [0.1, 0.15) is 44.2 Å². The smallest absolute Gasteiger partial charge is 0.0597 e. The molecule has 0 saturated heterocycles. The molecule has 1 N–H and O–H groups in total. The summed E-state index contributed by atoms with van der Waals surface area (Å²) in [6.07, 6.45) is 0.422. The second-order valence-corrected chi connectivity index (χ2v) is 6.49. The predicted molar refractivity (Wildman–Crippen MR) is 84.8 cm³/mol. The second kappa shape index (κ2) is 6.23. The van der Waals surface area contributed by atoms with Gasteiger partial charge in [0.1, 0.15) is 0 Å². The van der Waals surface area contributed by atoms with Crippen LogP contribution in [0.5, 0.6) is 0 Å². The van der Waals surface area contributed by atoms with Crippen molar-refractivity contribution in [1.82, 2.24) is 0 Å². The van der Waals surface area contributed by atoms with E-state index in [9.17, 15) is 5.11 Å². The Balaban J connectivity index is 2.31. The molecule has 0 aliphatic heterocycles. The summed E-state index contributed by atoms with van der Waals surface area (Å²) in [5.74, 6) is 0.242. The molecule has 2 aromatic rings. The maximum absolute atomic E-state index is 10.5. The minimum atomic E-state index is -0.326. The van der Waals surface area contributed by atoms with Crippen molar-refractivity contribution in [2.24, 2.45) is 5.41 Å². The van der Waals surface area contributed by atoms with Gasteiger partial charge in [-0.2, -0.15) is 0 Å². The van der Waals surface area contributed by atoms with Crippen molar-refractivity contribution in [3.8, 4) is 0 Å². The van der Waals surface area contributed by atoms with Gasteiger partial charge in [-0.3, -0.25) is 0 Å². The van der Waals surface area contributed by atoms with Gasteiger partial charge in [-0.15, -0.1) is 0 Å². The summed E-state index contributed by atoms with van der Waals surface area (Å²) >= 11 is 0. The second-order valence-electron chi connectivity index (χ2n) is 6.49. The molecule has 0 saturated carbocycles. The maximum atomic E-state index is 10.5. The molecule has 0 aliphatic carbocycles. The third-order valence-corrected chi connectivity index (χ3v) is 3.86. The third-order valence-electron chi connectivity index (χ3n) is 3.86. The lowest BCUT2D eigenvalue weighted by atomic mass is 9.79. The van der Waals surface area contributed by atoms with Crippen LogP contribution < -0.4 is 0 Å². The van der Waals surface area contributed by atoms with Gasteiger partial charge < -0.3 is 5.11 Å². The highest BCUT2D eigenvalue weighted by atomic mass is 16.3. The fraction of sp³-hybridized carbons (Fsp3) is 0.368.